The third-order valence-corrected chi connectivity index (χ3v) is 12.0. The van der Waals surface area contributed by atoms with Crippen molar-refractivity contribution in [1.82, 2.24) is 9.55 Å². The van der Waals surface area contributed by atoms with Gasteiger partial charge in [0.2, 0.25) is 0 Å². The minimum absolute atomic E-state index is 0.0623. The van der Waals surface area contributed by atoms with Gasteiger partial charge in [0.1, 0.15) is 24.0 Å². The van der Waals surface area contributed by atoms with Crippen LogP contribution in [0.2, 0.25) is 0 Å². The van der Waals surface area contributed by atoms with Crippen molar-refractivity contribution in [2.75, 3.05) is 16.5 Å². The monoisotopic (exact) mass is 788 g/mol. The summed E-state index contributed by atoms with van der Waals surface area (Å²) in [7, 11) is 0. The summed E-state index contributed by atoms with van der Waals surface area (Å²) in [6.07, 6.45) is 1.84. The van der Waals surface area contributed by atoms with Crippen LogP contribution in [0, 0.1) is 0 Å². The number of hydrogen-bond donors (Lipinski definition) is 0. The van der Waals surface area contributed by atoms with Crippen LogP contribution in [0.3, 0.4) is 0 Å². The molecule has 2 aromatic heterocycles. The Morgan fingerprint density at radius 1 is 0.492 bits per heavy atom. The average molecular weight is 789 g/mol. The Morgan fingerprint density at radius 2 is 1.15 bits per heavy atom. The number of rotatable bonds is 7. The van der Waals surface area contributed by atoms with Gasteiger partial charge in [-0.2, -0.15) is 0 Å². The highest BCUT2D eigenvalue weighted by atomic mass is 16.5. The molecule has 1 aliphatic heterocycles. The highest BCUT2D eigenvalue weighted by molar-refractivity contribution is 6.10. The lowest BCUT2D eigenvalue weighted by atomic mass is 9.82. The van der Waals surface area contributed by atoms with E-state index in [0.29, 0.717) is 6.67 Å². The number of aromatic nitrogens is 2. The molecule has 0 radical (unpaired) electrons. The van der Waals surface area contributed by atoms with Crippen molar-refractivity contribution in [2.24, 2.45) is 0 Å². The quantitative estimate of drug-likeness (QED) is 0.161. The minimum atomic E-state index is -0.0623. The maximum Gasteiger partial charge on any atom is 0.137 e. The molecule has 5 heteroatoms. The molecule has 0 aliphatic carbocycles. The van der Waals surface area contributed by atoms with Crippen molar-refractivity contribution in [3.05, 3.63) is 206 Å². The molecular formula is C56H44N4O. The van der Waals surface area contributed by atoms with Gasteiger partial charge in [-0.3, -0.25) is 4.57 Å². The fourth-order valence-corrected chi connectivity index (χ4v) is 9.07. The third kappa shape index (κ3) is 6.37. The Labute approximate surface area is 356 Å². The molecule has 0 unspecified atom stereocenters. The predicted molar refractivity (Wildman–Crippen MR) is 254 cm³/mol. The van der Waals surface area contributed by atoms with Gasteiger partial charge >= 0.3 is 0 Å². The summed E-state index contributed by atoms with van der Waals surface area (Å²) in [6.45, 7) is 7.52. The van der Waals surface area contributed by atoms with Gasteiger partial charge in [-0.05, 0) is 88.2 Å². The highest BCUT2D eigenvalue weighted by Gasteiger charge is 2.34. The van der Waals surface area contributed by atoms with Gasteiger partial charge in [-0.1, -0.05) is 142 Å². The Kier molecular flexibility index (Phi) is 8.71. The molecule has 0 atom stereocenters. The van der Waals surface area contributed by atoms with Crippen molar-refractivity contribution in [1.29, 1.82) is 0 Å². The van der Waals surface area contributed by atoms with E-state index in [1.807, 2.05) is 30.5 Å². The molecular weight excluding hydrogens is 745 g/mol. The third-order valence-electron chi connectivity index (χ3n) is 12.0. The first-order chi connectivity index (χ1) is 29.9. The van der Waals surface area contributed by atoms with Crippen LogP contribution in [0.15, 0.2) is 200 Å². The molecule has 294 valence electrons. The number of para-hydroxylation sites is 1. The maximum absolute atomic E-state index is 6.77. The zero-order valence-corrected chi connectivity index (χ0v) is 34.5. The van der Waals surface area contributed by atoms with Gasteiger partial charge in [0.15, 0.2) is 0 Å². The SMILES string of the molecule is CC(C)(C)c1cc(-c2ccccc2)c(N2CN(c3cccc(Oc4ccc5c6ccccc6n(-c6ccccn6)c5c4)c3)c3ccc4ccccc4c32)c(-c2ccccc2)c1. The Hall–Kier alpha value is -7.63. The summed E-state index contributed by atoms with van der Waals surface area (Å²) in [4.78, 5) is 9.71. The molecule has 0 saturated carbocycles. The van der Waals surface area contributed by atoms with E-state index in [4.69, 9.17) is 9.72 Å². The lowest BCUT2D eigenvalue weighted by molar-refractivity contribution is 0.483. The zero-order valence-electron chi connectivity index (χ0n) is 34.5. The second kappa shape index (κ2) is 14.6. The first kappa shape index (κ1) is 36.4. The van der Waals surface area contributed by atoms with Crippen LogP contribution in [-0.2, 0) is 5.41 Å². The van der Waals surface area contributed by atoms with Crippen LogP contribution in [0.1, 0.15) is 26.3 Å². The Balaban J connectivity index is 1.05. The Morgan fingerprint density at radius 3 is 1.87 bits per heavy atom. The van der Waals surface area contributed by atoms with E-state index >= 15 is 0 Å². The average Bonchev–Trinajstić information content (AvgIpc) is 3.85. The lowest BCUT2D eigenvalue weighted by Gasteiger charge is -2.30. The van der Waals surface area contributed by atoms with E-state index in [1.54, 1.807) is 0 Å². The smallest absolute Gasteiger partial charge is 0.137 e. The molecule has 61 heavy (non-hydrogen) atoms. The molecule has 0 bridgehead atoms. The molecule has 0 saturated heterocycles. The molecule has 0 spiro atoms. The molecule has 0 fully saturated rings. The number of benzene rings is 8. The molecule has 3 heterocycles. The number of anilines is 4. The normalized spacial score (nSPS) is 12.7. The second-order valence-corrected chi connectivity index (χ2v) is 16.9. The summed E-state index contributed by atoms with van der Waals surface area (Å²) in [5, 5.41) is 4.76. The van der Waals surface area contributed by atoms with E-state index in [1.165, 1.54) is 55.4 Å². The van der Waals surface area contributed by atoms with Crippen LogP contribution < -0.4 is 14.5 Å². The largest absolute Gasteiger partial charge is 0.457 e. The summed E-state index contributed by atoms with van der Waals surface area (Å²) in [5.74, 6) is 2.40. The van der Waals surface area contributed by atoms with Crippen LogP contribution >= 0.6 is 0 Å². The van der Waals surface area contributed by atoms with Gasteiger partial charge in [0, 0.05) is 51.3 Å². The molecule has 0 amide bonds. The van der Waals surface area contributed by atoms with Crippen molar-refractivity contribution in [2.45, 2.75) is 26.2 Å². The molecule has 0 N–H and O–H groups in total. The zero-order chi connectivity index (χ0) is 41.1. The fourth-order valence-electron chi connectivity index (χ4n) is 9.07. The number of ether oxygens (including phenoxy) is 1. The van der Waals surface area contributed by atoms with Crippen molar-refractivity contribution < 1.29 is 4.74 Å². The first-order valence-electron chi connectivity index (χ1n) is 21.0. The van der Waals surface area contributed by atoms with E-state index in [-0.39, 0.29) is 5.41 Å². The van der Waals surface area contributed by atoms with Crippen LogP contribution in [0.5, 0.6) is 11.5 Å². The number of nitrogens with zero attached hydrogens (tertiary/aromatic N) is 4. The molecule has 8 aromatic carbocycles. The number of pyridine rings is 1. The van der Waals surface area contributed by atoms with Gasteiger partial charge in [-0.25, -0.2) is 4.98 Å². The topological polar surface area (TPSA) is 33.5 Å². The number of fused-ring (bicyclic) bond motifs is 6. The van der Waals surface area contributed by atoms with E-state index in [0.717, 1.165) is 45.1 Å². The molecule has 5 nitrogen and oxygen atoms in total. The van der Waals surface area contributed by atoms with Gasteiger partial charge in [0.05, 0.1) is 28.1 Å². The summed E-state index contributed by atoms with van der Waals surface area (Å²) >= 11 is 0. The van der Waals surface area contributed by atoms with Crippen LogP contribution in [-0.4, -0.2) is 16.2 Å². The van der Waals surface area contributed by atoms with Gasteiger partial charge < -0.3 is 14.5 Å². The predicted octanol–water partition coefficient (Wildman–Crippen LogP) is 15.0. The minimum Gasteiger partial charge on any atom is -0.457 e. The lowest BCUT2D eigenvalue weighted by Crippen LogP contribution is -2.25. The molecule has 1 aliphatic rings. The fraction of sp³-hybridized carbons (Fsp3) is 0.0893. The van der Waals surface area contributed by atoms with Crippen molar-refractivity contribution in [3.8, 4) is 39.6 Å². The first-order valence-corrected chi connectivity index (χ1v) is 21.0. The van der Waals surface area contributed by atoms with E-state index in [2.05, 4.69) is 205 Å². The summed E-state index contributed by atoms with van der Waals surface area (Å²) in [6, 6.07) is 69.3. The van der Waals surface area contributed by atoms with E-state index in [9.17, 15) is 0 Å². The summed E-state index contributed by atoms with van der Waals surface area (Å²) in [5.41, 5.74) is 12.8. The number of hydrogen-bond acceptors (Lipinski definition) is 4. The molecule has 11 rings (SSSR count). The van der Waals surface area contributed by atoms with Gasteiger partial charge in [0.25, 0.3) is 0 Å². The van der Waals surface area contributed by atoms with Gasteiger partial charge in [-0.15, -0.1) is 0 Å². The van der Waals surface area contributed by atoms with Crippen molar-refractivity contribution >= 4 is 55.3 Å². The summed E-state index contributed by atoms with van der Waals surface area (Å²) < 4.78 is 8.99. The van der Waals surface area contributed by atoms with E-state index < -0.39 is 0 Å². The second-order valence-electron chi connectivity index (χ2n) is 16.9. The van der Waals surface area contributed by atoms with Crippen molar-refractivity contribution in [3.63, 3.8) is 0 Å². The Bertz CT molecular complexity index is 3180. The standard InChI is InChI=1S/C56H44N4O/c1-56(2,3)41-33-48(38-17-6-4-7-18-38)54(49(34-41)39-19-8-5-9-20-39)59-37-58(51-31-28-40-21-10-11-24-45(40)55(51)59)42-22-16-23-43(35-42)61-44-29-30-47-46-25-12-13-26-50(46)60(52(47)36-44)53-27-14-15-32-57-53/h4-36H,37H2,1-3H3. The molecule has 10 aromatic rings. The maximum atomic E-state index is 6.77. The highest BCUT2D eigenvalue weighted by Crippen LogP contribution is 2.53. The van der Waals surface area contributed by atoms with Crippen LogP contribution in [0.25, 0.3) is 60.6 Å². The van der Waals surface area contributed by atoms with Crippen LogP contribution in [0.4, 0.5) is 22.7 Å².